The molecule has 4 rings (SSSR count). The van der Waals surface area contributed by atoms with Gasteiger partial charge >= 0.3 is 0 Å². The van der Waals surface area contributed by atoms with Crippen molar-refractivity contribution in [3.63, 3.8) is 0 Å². The Balaban J connectivity index is 0.000000187. The van der Waals surface area contributed by atoms with E-state index in [1.54, 1.807) is 6.20 Å². The Morgan fingerprint density at radius 2 is 1.83 bits per heavy atom. The van der Waals surface area contributed by atoms with E-state index in [9.17, 15) is 4.79 Å². The number of hydrogen-bond acceptors (Lipinski definition) is 5. The van der Waals surface area contributed by atoms with Crippen molar-refractivity contribution in [2.75, 3.05) is 23.3 Å². The van der Waals surface area contributed by atoms with Crippen LogP contribution in [-0.4, -0.2) is 45.7 Å². The van der Waals surface area contributed by atoms with Crippen molar-refractivity contribution in [1.29, 1.82) is 0 Å². The highest BCUT2D eigenvalue weighted by atomic mass is 16.1. The van der Waals surface area contributed by atoms with Gasteiger partial charge in [-0.1, -0.05) is 19.1 Å². The minimum atomic E-state index is -0.0285. The Morgan fingerprint density at radius 1 is 1.17 bits per heavy atom. The number of benzene rings is 1. The van der Waals surface area contributed by atoms with Gasteiger partial charge in [-0.2, -0.15) is 9.61 Å². The number of nitrogens with zero attached hydrogens (tertiary/aromatic N) is 4. The average Bonchev–Trinajstić information content (AvgIpc) is 3.15. The molecule has 160 valence electrons. The zero-order valence-corrected chi connectivity index (χ0v) is 18.5. The monoisotopic (exact) mass is 408 g/mol. The quantitative estimate of drug-likeness (QED) is 0.695. The van der Waals surface area contributed by atoms with Crippen LogP contribution in [0.2, 0.25) is 0 Å². The molecule has 3 heterocycles. The van der Waals surface area contributed by atoms with Crippen LogP contribution in [0.3, 0.4) is 0 Å². The first kappa shape index (κ1) is 21.8. The average molecular weight is 409 g/mol. The Morgan fingerprint density at radius 3 is 2.43 bits per heavy atom. The number of aromatic nitrogens is 3. The first-order chi connectivity index (χ1) is 14.4. The highest BCUT2D eigenvalue weighted by Gasteiger charge is 2.23. The van der Waals surface area contributed by atoms with E-state index < -0.39 is 0 Å². The lowest BCUT2D eigenvalue weighted by molar-refractivity contribution is -0.114. The summed E-state index contributed by atoms with van der Waals surface area (Å²) in [7, 11) is 0. The van der Waals surface area contributed by atoms with E-state index in [0.717, 1.165) is 42.4 Å². The summed E-state index contributed by atoms with van der Waals surface area (Å²) in [5.41, 5.74) is 4.10. The van der Waals surface area contributed by atoms with Gasteiger partial charge in [0.05, 0.1) is 6.20 Å². The number of rotatable bonds is 3. The zero-order chi connectivity index (χ0) is 21.7. The fraction of sp³-hybridized carbons (Fsp3) is 0.435. The van der Waals surface area contributed by atoms with E-state index in [0.29, 0.717) is 12.1 Å². The van der Waals surface area contributed by atoms with Crippen molar-refractivity contribution in [2.24, 2.45) is 0 Å². The van der Waals surface area contributed by atoms with E-state index in [-0.39, 0.29) is 5.91 Å². The van der Waals surface area contributed by atoms with Gasteiger partial charge in [-0.3, -0.25) is 4.79 Å². The maximum absolute atomic E-state index is 10.7. The van der Waals surface area contributed by atoms with E-state index >= 15 is 0 Å². The fourth-order valence-electron chi connectivity index (χ4n) is 3.78. The molecule has 2 N–H and O–H groups in total. The molecule has 1 amide bonds. The number of carbonyl (C=O) groups excluding carboxylic acids is 1. The lowest BCUT2D eigenvalue weighted by Gasteiger charge is -2.37. The fourth-order valence-corrected chi connectivity index (χ4v) is 3.78. The van der Waals surface area contributed by atoms with Gasteiger partial charge in [0.25, 0.3) is 0 Å². The van der Waals surface area contributed by atoms with Crippen molar-refractivity contribution in [3.8, 4) is 0 Å². The molecule has 1 saturated heterocycles. The summed E-state index contributed by atoms with van der Waals surface area (Å²) in [6.07, 6.45) is 2.83. The lowest BCUT2D eigenvalue weighted by atomic mass is 10.1. The third kappa shape index (κ3) is 5.57. The van der Waals surface area contributed by atoms with Crippen LogP contribution in [0.5, 0.6) is 0 Å². The molecule has 7 nitrogen and oxygen atoms in total. The van der Waals surface area contributed by atoms with Gasteiger partial charge < -0.3 is 15.5 Å². The third-order valence-electron chi connectivity index (χ3n) is 5.03. The van der Waals surface area contributed by atoms with Crippen LogP contribution in [0.4, 0.5) is 11.5 Å². The van der Waals surface area contributed by atoms with Crippen molar-refractivity contribution in [1.82, 2.24) is 19.9 Å². The lowest BCUT2D eigenvalue weighted by Crippen LogP contribution is -2.54. The summed E-state index contributed by atoms with van der Waals surface area (Å²) in [6.45, 7) is 12.1. The van der Waals surface area contributed by atoms with Crippen LogP contribution < -0.4 is 15.5 Å². The molecular weight excluding hydrogens is 376 g/mol. The molecule has 1 aromatic carbocycles. The predicted octanol–water partition coefficient (Wildman–Crippen LogP) is 3.43. The number of fused-ring (bicyclic) bond motifs is 1. The SMILES string of the molecule is CCc1ccc(NC(C)=O)cc1.Cc1cc(N2CC(C)NC(C)C2)n2nccc2n1. The van der Waals surface area contributed by atoms with Crippen molar-refractivity contribution >= 4 is 23.1 Å². The van der Waals surface area contributed by atoms with E-state index in [2.05, 4.69) is 52.5 Å². The maximum atomic E-state index is 10.7. The smallest absolute Gasteiger partial charge is 0.221 e. The van der Waals surface area contributed by atoms with Crippen LogP contribution in [0.15, 0.2) is 42.6 Å². The number of hydrogen-bond donors (Lipinski definition) is 2. The molecule has 1 aliphatic rings. The molecule has 0 bridgehead atoms. The van der Waals surface area contributed by atoms with E-state index in [4.69, 9.17) is 0 Å². The Kier molecular flexibility index (Phi) is 7.05. The van der Waals surface area contributed by atoms with Crippen LogP contribution in [-0.2, 0) is 11.2 Å². The van der Waals surface area contributed by atoms with E-state index in [1.807, 2.05) is 41.8 Å². The number of piperazine rings is 1. The number of anilines is 2. The van der Waals surface area contributed by atoms with Gasteiger partial charge in [0, 0.05) is 55.6 Å². The first-order valence-corrected chi connectivity index (χ1v) is 10.5. The van der Waals surface area contributed by atoms with Gasteiger partial charge in [0.2, 0.25) is 5.91 Å². The number of nitrogens with one attached hydrogen (secondary N) is 2. The molecule has 2 aromatic heterocycles. The van der Waals surface area contributed by atoms with Crippen molar-refractivity contribution < 1.29 is 4.79 Å². The number of amides is 1. The summed E-state index contributed by atoms with van der Waals surface area (Å²) in [5.74, 6) is 1.11. The first-order valence-electron chi connectivity index (χ1n) is 10.5. The van der Waals surface area contributed by atoms with Crippen LogP contribution in [0.1, 0.15) is 39.0 Å². The molecule has 0 radical (unpaired) electrons. The van der Waals surface area contributed by atoms with Crippen molar-refractivity contribution in [3.05, 3.63) is 53.9 Å². The predicted molar refractivity (Wildman–Crippen MR) is 122 cm³/mol. The third-order valence-corrected chi connectivity index (χ3v) is 5.03. The molecule has 7 heteroatoms. The number of aryl methyl sites for hydroxylation is 2. The molecular formula is C23H32N6O. The Hall–Kier alpha value is -2.93. The second-order valence-corrected chi connectivity index (χ2v) is 7.96. The summed E-state index contributed by atoms with van der Waals surface area (Å²) in [4.78, 5) is 17.5. The molecule has 3 aromatic rings. The Labute approximate surface area is 178 Å². The highest BCUT2D eigenvalue weighted by Crippen LogP contribution is 2.19. The van der Waals surface area contributed by atoms with Gasteiger partial charge in [0.1, 0.15) is 5.82 Å². The number of carbonyl (C=O) groups is 1. The normalized spacial score (nSPS) is 18.6. The molecule has 30 heavy (non-hydrogen) atoms. The summed E-state index contributed by atoms with van der Waals surface area (Å²) in [6, 6.07) is 12.9. The van der Waals surface area contributed by atoms with Gasteiger partial charge in [-0.05, 0) is 44.9 Å². The minimum absolute atomic E-state index is 0.0285. The molecule has 0 aliphatic carbocycles. The van der Waals surface area contributed by atoms with Crippen molar-refractivity contribution in [2.45, 2.75) is 53.1 Å². The largest absolute Gasteiger partial charge is 0.353 e. The molecule has 0 saturated carbocycles. The van der Waals surface area contributed by atoms with Gasteiger partial charge in [-0.25, -0.2) is 4.98 Å². The summed E-state index contributed by atoms with van der Waals surface area (Å²) < 4.78 is 1.93. The van der Waals surface area contributed by atoms with Crippen LogP contribution in [0, 0.1) is 6.92 Å². The van der Waals surface area contributed by atoms with Crippen LogP contribution >= 0.6 is 0 Å². The van der Waals surface area contributed by atoms with E-state index in [1.165, 1.54) is 12.5 Å². The maximum Gasteiger partial charge on any atom is 0.221 e. The summed E-state index contributed by atoms with van der Waals surface area (Å²) in [5, 5.41) is 10.6. The minimum Gasteiger partial charge on any atom is -0.353 e. The molecule has 1 fully saturated rings. The molecule has 2 atom stereocenters. The summed E-state index contributed by atoms with van der Waals surface area (Å²) >= 11 is 0. The standard InChI is InChI=1S/C13H19N5.C10H13NO/c1-9-6-13(18-12(16-9)4-5-14-18)17-7-10(2)15-11(3)8-17;1-3-9-4-6-10(7-5-9)11-8(2)12/h4-6,10-11,15H,7-8H2,1-3H3;4-7H,3H2,1-2H3,(H,11,12). The van der Waals surface area contributed by atoms with Gasteiger partial charge in [0.15, 0.2) is 5.65 Å². The topological polar surface area (TPSA) is 74.6 Å². The second-order valence-electron chi connectivity index (χ2n) is 7.96. The highest BCUT2D eigenvalue weighted by molar-refractivity contribution is 5.88. The Bertz CT molecular complexity index is 971. The second kappa shape index (κ2) is 9.71. The molecule has 2 unspecified atom stereocenters. The zero-order valence-electron chi connectivity index (χ0n) is 18.5. The van der Waals surface area contributed by atoms with Gasteiger partial charge in [-0.15, -0.1) is 0 Å². The molecule has 0 spiro atoms. The molecule has 1 aliphatic heterocycles. The van der Waals surface area contributed by atoms with Crippen LogP contribution in [0.25, 0.3) is 5.65 Å².